The first kappa shape index (κ1) is 13.8. The third-order valence-electron chi connectivity index (χ3n) is 3.78. The number of carbonyl (C=O) groups is 1. The molecule has 19 heavy (non-hydrogen) atoms. The smallest absolute Gasteiger partial charge is 0.343 e. The van der Waals surface area contributed by atoms with E-state index in [1.54, 1.807) is 6.07 Å². The number of hydrogen-bond donors (Lipinski definition) is 1. The fourth-order valence-corrected chi connectivity index (χ4v) is 3.33. The molecule has 0 bridgehead atoms. The number of carbonyl (C=O) groups excluding carboxylic acids is 1. The Labute approximate surface area is 113 Å². The Morgan fingerprint density at radius 3 is 2.58 bits per heavy atom. The van der Waals surface area contributed by atoms with Crippen LogP contribution in [0.3, 0.4) is 0 Å². The molecule has 4 nitrogen and oxygen atoms in total. The van der Waals surface area contributed by atoms with Crippen molar-refractivity contribution in [2.24, 2.45) is 5.41 Å². The molecule has 1 aliphatic rings. The van der Waals surface area contributed by atoms with Crippen LogP contribution in [0.25, 0.3) is 0 Å². The van der Waals surface area contributed by atoms with Crippen LogP contribution < -0.4 is 0 Å². The second-order valence-corrected chi connectivity index (χ2v) is 6.75. The van der Waals surface area contributed by atoms with Crippen molar-refractivity contribution in [1.82, 2.24) is 4.98 Å². The van der Waals surface area contributed by atoms with Crippen LogP contribution in [0.4, 0.5) is 0 Å². The van der Waals surface area contributed by atoms with Gasteiger partial charge in [-0.25, -0.2) is 9.78 Å². The van der Waals surface area contributed by atoms with Crippen LogP contribution in [0.2, 0.25) is 0 Å². The zero-order valence-electron chi connectivity index (χ0n) is 12.2. The SMILES string of the molecule is COC(=O)c1cc2c(nc1O)CC(C)(C)CC2(C)C. The Morgan fingerprint density at radius 2 is 2.00 bits per heavy atom. The van der Waals surface area contributed by atoms with Gasteiger partial charge in [-0.15, -0.1) is 0 Å². The van der Waals surface area contributed by atoms with E-state index in [1.807, 2.05) is 0 Å². The zero-order valence-corrected chi connectivity index (χ0v) is 12.2. The lowest BCUT2D eigenvalue weighted by Crippen LogP contribution is -2.35. The van der Waals surface area contributed by atoms with Crippen molar-refractivity contribution in [3.63, 3.8) is 0 Å². The van der Waals surface area contributed by atoms with Gasteiger partial charge in [0.1, 0.15) is 5.56 Å². The lowest BCUT2D eigenvalue weighted by Gasteiger charge is -2.41. The molecule has 0 saturated heterocycles. The lowest BCUT2D eigenvalue weighted by atomic mass is 9.64. The zero-order chi connectivity index (χ0) is 14.4. The van der Waals surface area contributed by atoms with Crippen molar-refractivity contribution in [2.75, 3.05) is 7.11 Å². The molecule has 0 aromatic carbocycles. The Balaban J connectivity index is 2.59. The average Bonchev–Trinajstić information content (AvgIpc) is 2.24. The summed E-state index contributed by atoms with van der Waals surface area (Å²) in [4.78, 5) is 15.9. The number of pyridine rings is 1. The van der Waals surface area contributed by atoms with Crippen molar-refractivity contribution in [1.29, 1.82) is 0 Å². The Kier molecular flexibility index (Phi) is 3.07. The fourth-order valence-electron chi connectivity index (χ4n) is 3.33. The number of ether oxygens (including phenoxy) is 1. The maximum Gasteiger partial charge on any atom is 0.343 e. The minimum atomic E-state index is -0.548. The molecule has 0 amide bonds. The summed E-state index contributed by atoms with van der Waals surface area (Å²) in [6.45, 7) is 8.69. The molecular formula is C15H21NO3. The molecule has 1 heterocycles. The van der Waals surface area contributed by atoms with Crippen molar-refractivity contribution in [3.05, 3.63) is 22.9 Å². The van der Waals surface area contributed by atoms with E-state index >= 15 is 0 Å². The molecule has 4 heteroatoms. The maximum atomic E-state index is 11.6. The third-order valence-corrected chi connectivity index (χ3v) is 3.78. The minimum Gasteiger partial charge on any atom is -0.493 e. The second kappa shape index (κ2) is 4.22. The Bertz CT molecular complexity index is 532. The van der Waals surface area contributed by atoms with Gasteiger partial charge in [0, 0.05) is 5.69 Å². The highest BCUT2D eigenvalue weighted by atomic mass is 16.5. The second-order valence-electron chi connectivity index (χ2n) is 6.75. The van der Waals surface area contributed by atoms with E-state index in [0.717, 1.165) is 24.1 Å². The first-order valence-electron chi connectivity index (χ1n) is 6.48. The van der Waals surface area contributed by atoms with E-state index in [1.165, 1.54) is 7.11 Å². The van der Waals surface area contributed by atoms with Crippen LogP contribution in [-0.4, -0.2) is 23.2 Å². The predicted octanol–water partition coefficient (Wildman–Crippen LogP) is 2.82. The van der Waals surface area contributed by atoms with E-state index in [-0.39, 0.29) is 22.3 Å². The molecule has 0 saturated carbocycles. The number of nitrogens with zero attached hydrogens (tertiary/aromatic N) is 1. The van der Waals surface area contributed by atoms with E-state index in [4.69, 9.17) is 0 Å². The first-order valence-corrected chi connectivity index (χ1v) is 6.48. The highest BCUT2D eigenvalue weighted by Crippen LogP contribution is 2.45. The van der Waals surface area contributed by atoms with E-state index < -0.39 is 5.97 Å². The molecule has 0 radical (unpaired) electrons. The number of rotatable bonds is 1. The number of aromatic nitrogens is 1. The highest BCUT2D eigenvalue weighted by Gasteiger charge is 2.39. The van der Waals surface area contributed by atoms with E-state index in [2.05, 4.69) is 37.4 Å². The van der Waals surface area contributed by atoms with Gasteiger partial charge in [0.15, 0.2) is 0 Å². The molecule has 1 aromatic heterocycles. The van der Waals surface area contributed by atoms with Crippen molar-refractivity contribution in [3.8, 4) is 5.88 Å². The molecule has 0 atom stereocenters. The minimum absolute atomic E-state index is 0.0689. The maximum absolute atomic E-state index is 11.6. The van der Waals surface area contributed by atoms with Crippen LogP contribution in [-0.2, 0) is 16.6 Å². The Hall–Kier alpha value is -1.58. The summed E-state index contributed by atoms with van der Waals surface area (Å²) in [6, 6.07) is 1.73. The van der Waals surface area contributed by atoms with Gasteiger partial charge in [0.25, 0.3) is 0 Å². The molecular weight excluding hydrogens is 242 g/mol. The molecule has 104 valence electrons. The van der Waals surface area contributed by atoms with Gasteiger partial charge in [-0.1, -0.05) is 27.7 Å². The molecule has 1 aromatic rings. The number of fused-ring (bicyclic) bond motifs is 1. The highest BCUT2D eigenvalue weighted by molar-refractivity contribution is 5.92. The molecule has 0 spiro atoms. The van der Waals surface area contributed by atoms with Crippen LogP contribution in [0, 0.1) is 5.41 Å². The van der Waals surface area contributed by atoms with Gasteiger partial charge >= 0.3 is 5.97 Å². The van der Waals surface area contributed by atoms with E-state index in [0.29, 0.717) is 0 Å². The summed E-state index contributed by atoms with van der Waals surface area (Å²) in [5.74, 6) is -0.785. The van der Waals surface area contributed by atoms with Gasteiger partial charge < -0.3 is 9.84 Å². The first-order chi connectivity index (χ1) is 8.66. The van der Waals surface area contributed by atoms with Crippen LogP contribution in [0.5, 0.6) is 5.88 Å². The number of aromatic hydroxyl groups is 1. The van der Waals surface area contributed by atoms with Gasteiger partial charge in [0.2, 0.25) is 5.88 Å². The molecule has 1 N–H and O–H groups in total. The molecule has 0 unspecified atom stereocenters. The normalized spacial score (nSPS) is 19.6. The lowest BCUT2D eigenvalue weighted by molar-refractivity contribution is 0.0596. The van der Waals surface area contributed by atoms with Gasteiger partial charge in [-0.05, 0) is 35.3 Å². The summed E-state index contributed by atoms with van der Waals surface area (Å²) in [5.41, 5.74) is 2.13. The van der Waals surface area contributed by atoms with Crippen LogP contribution in [0.1, 0.15) is 55.7 Å². The monoisotopic (exact) mass is 263 g/mol. The largest absolute Gasteiger partial charge is 0.493 e. The topological polar surface area (TPSA) is 59.4 Å². The molecule has 0 aliphatic heterocycles. The van der Waals surface area contributed by atoms with Crippen LogP contribution in [0.15, 0.2) is 6.07 Å². The fraction of sp³-hybridized carbons (Fsp3) is 0.600. The van der Waals surface area contributed by atoms with Crippen molar-refractivity contribution < 1.29 is 14.6 Å². The van der Waals surface area contributed by atoms with Crippen molar-refractivity contribution >= 4 is 5.97 Å². The number of esters is 1. The molecule has 0 fully saturated rings. The summed E-state index contributed by atoms with van der Waals surface area (Å²) in [6.07, 6.45) is 1.82. The van der Waals surface area contributed by atoms with Crippen LogP contribution >= 0.6 is 0 Å². The molecule has 1 aliphatic carbocycles. The quantitative estimate of drug-likeness (QED) is 0.791. The number of hydrogen-bond acceptors (Lipinski definition) is 4. The summed E-state index contributed by atoms with van der Waals surface area (Å²) in [7, 11) is 1.30. The van der Waals surface area contributed by atoms with Gasteiger partial charge in [-0.2, -0.15) is 0 Å². The average molecular weight is 263 g/mol. The standard InChI is InChI=1S/C15H21NO3/c1-14(2)7-11-10(15(3,4)8-14)6-9(12(17)16-11)13(18)19-5/h6H,7-8H2,1-5H3,(H,16,17). The summed E-state index contributed by atoms with van der Waals surface area (Å²) in [5, 5.41) is 9.90. The Morgan fingerprint density at radius 1 is 1.37 bits per heavy atom. The predicted molar refractivity (Wildman–Crippen MR) is 72.4 cm³/mol. The third kappa shape index (κ3) is 2.44. The summed E-state index contributed by atoms with van der Waals surface area (Å²) < 4.78 is 4.68. The van der Waals surface area contributed by atoms with Gasteiger partial charge in [0.05, 0.1) is 7.11 Å². The number of methoxy groups -OCH3 is 1. The molecule has 2 rings (SSSR count). The van der Waals surface area contributed by atoms with Crippen molar-refractivity contribution in [2.45, 2.75) is 46.0 Å². The van der Waals surface area contributed by atoms with Gasteiger partial charge in [-0.3, -0.25) is 0 Å². The van der Waals surface area contributed by atoms with E-state index in [9.17, 15) is 9.90 Å². The summed E-state index contributed by atoms with van der Waals surface area (Å²) >= 11 is 0.